The minimum atomic E-state index is -1.10. The zero-order valence-electron chi connectivity index (χ0n) is 6.81. The number of carbonyl (C=O) groups is 1. The molecule has 0 aliphatic carbocycles. The van der Waals surface area contributed by atoms with E-state index in [1.54, 1.807) is 6.07 Å². The highest BCUT2D eigenvalue weighted by atomic mass is 16.5. The van der Waals surface area contributed by atoms with Gasteiger partial charge in [0.2, 0.25) is 0 Å². The average molecular weight is 178 g/mol. The molecule has 0 saturated heterocycles. The number of ether oxygens (including phenoxy) is 1. The first-order valence-corrected chi connectivity index (χ1v) is 3.36. The van der Waals surface area contributed by atoms with Crippen molar-refractivity contribution in [3.8, 4) is 11.8 Å². The number of aromatic nitrogens is 1. The van der Waals surface area contributed by atoms with Gasteiger partial charge in [0.25, 0.3) is 0 Å². The second kappa shape index (κ2) is 3.54. The molecule has 1 N–H and O–H groups in total. The highest BCUT2D eigenvalue weighted by Crippen LogP contribution is 2.16. The van der Waals surface area contributed by atoms with Gasteiger partial charge in [0.15, 0.2) is 11.4 Å². The van der Waals surface area contributed by atoms with Gasteiger partial charge in [0, 0.05) is 6.20 Å². The summed E-state index contributed by atoms with van der Waals surface area (Å²) in [5, 5.41) is 17.1. The lowest BCUT2D eigenvalue weighted by Crippen LogP contribution is -2.00. The molecule has 1 rings (SSSR count). The lowest BCUT2D eigenvalue weighted by molar-refractivity contribution is 0.0696. The van der Waals surface area contributed by atoms with Crippen LogP contribution in [0.25, 0.3) is 0 Å². The van der Waals surface area contributed by atoms with Gasteiger partial charge in [-0.2, -0.15) is 5.26 Å². The van der Waals surface area contributed by atoms with Gasteiger partial charge in [0.1, 0.15) is 6.07 Å². The molecular formula is C8H6N2O3. The number of nitrogens with zero attached hydrogens (tertiary/aromatic N) is 2. The second-order valence-electron chi connectivity index (χ2n) is 2.19. The number of methoxy groups -OCH3 is 1. The van der Waals surface area contributed by atoms with Crippen molar-refractivity contribution in [1.82, 2.24) is 4.98 Å². The molecular weight excluding hydrogens is 172 g/mol. The summed E-state index contributed by atoms with van der Waals surface area (Å²) >= 11 is 0. The van der Waals surface area contributed by atoms with E-state index in [9.17, 15) is 4.79 Å². The van der Waals surface area contributed by atoms with E-state index < -0.39 is 5.97 Å². The summed E-state index contributed by atoms with van der Waals surface area (Å²) in [5.74, 6) is -0.933. The first-order valence-electron chi connectivity index (χ1n) is 3.36. The molecule has 0 aliphatic heterocycles. The molecule has 0 atom stereocenters. The summed E-state index contributed by atoms with van der Waals surface area (Å²) in [7, 11) is 1.35. The van der Waals surface area contributed by atoms with E-state index >= 15 is 0 Å². The molecule has 0 unspecified atom stereocenters. The maximum absolute atomic E-state index is 10.5. The molecule has 0 aliphatic rings. The molecule has 5 nitrogen and oxygen atoms in total. The van der Waals surface area contributed by atoms with Crippen LogP contribution in [0.15, 0.2) is 12.3 Å². The third-order valence-corrected chi connectivity index (χ3v) is 1.43. The fourth-order valence-corrected chi connectivity index (χ4v) is 0.801. The maximum atomic E-state index is 10.5. The Morgan fingerprint density at radius 1 is 1.77 bits per heavy atom. The van der Waals surface area contributed by atoms with Gasteiger partial charge in [-0.05, 0) is 6.07 Å². The van der Waals surface area contributed by atoms with Crippen LogP contribution in [-0.4, -0.2) is 23.2 Å². The molecule has 0 radical (unpaired) electrons. The Morgan fingerprint density at radius 2 is 2.46 bits per heavy atom. The first kappa shape index (κ1) is 9.00. The fraction of sp³-hybridized carbons (Fsp3) is 0.125. The van der Waals surface area contributed by atoms with E-state index in [2.05, 4.69) is 4.98 Å². The van der Waals surface area contributed by atoms with Crippen LogP contribution >= 0.6 is 0 Å². The quantitative estimate of drug-likeness (QED) is 0.719. The van der Waals surface area contributed by atoms with E-state index in [-0.39, 0.29) is 17.0 Å². The summed E-state index contributed by atoms with van der Waals surface area (Å²) in [6, 6.07) is 3.04. The lowest BCUT2D eigenvalue weighted by atomic mass is 10.2. The van der Waals surface area contributed by atoms with Crippen LogP contribution < -0.4 is 4.74 Å². The maximum Gasteiger partial charge on any atom is 0.337 e. The van der Waals surface area contributed by atoms with Crippen LogP contribution in [0.3, 0.4) is 0 Å². The number of carboxylic acids is 1. The third kappa shape index (κ3) is 1.73. The van der Waals surface area contributed by atoms with Gasteiger partial charge in [-0.25, -0.2) is 9.78 Å². The van der Waals surface area contributed by atoms with Crippen LogP contribution in [0.4, 0.5) is 0 Å². The van der Waals surface area contributed by atoms with Crippen LogP contribution in [0.1, 0.15) is 16.1 Å². The standard InChI is InChI=1S/C8H6N2O3/c1-13-7-2-5(8(11)12)4-10-6(7)3-9/h2,4H,1H3,(H,11,12). The van der Waals surface area contributed by atoms with Gasteiger partial charge in [-0.3, -0.25) is 0 Å². The first-order chi connectivity index (χ1) is 6.19. The molecule has 0 bridgehead atoms. The highest BCUT2D eigenvalue weighted by Gasteiger charge is 2.09. The van der Waals surface area contributed by atoms with E-state index in [1.165, 1.54) is 13.2 Å². The topological polar surface area (TPSA) is 83.2 Å². The second-order valence-corrected chi connectivity index (χ2v) is 2.19. The number of pyridine rings is 1. The number of aromatic carboxylic acids is 1. The Bertz CT molecular complexity index is 381. The summed E-state index contributed by atoms with van der Waals surface area (Å²) in [6.45, 7) is 0. The van der Waals surface area contributed by atoms with E-state index in [4.69, 9.17) is 15.1 Å². The Labute approximate surface area is 74.2 Å². The average Bonchev–Trinajstić information content (AvgIpc) is 2.16. The minimum Gasteiger partial charge on any atom is -0.494 e. The predicted molar refractivity (Wildman–Crippen MR) is 42.5 cm³/mol. The Kier molecular flexibility index (Phi) is 2.45. The van der Waals surface area contributed by atoms with E-state index in [0.29, 0.717) is 0 Å². The zero-order valence-corrected chi connectivity index (χ0v) is 6.81. The highest BCUT2D eigenvalue weighted by molar-refractivity contribution is 5.87. The van der Waals surface area contributed by atoms with E-state index in [1.807, 2.05) is 0 Å². The molecule has 66 valence electrons. The molecule has 13 heavy (non-hydrogen) atoms. The van der Waals surface area contributed by atoms with Crippen LogP contribution in [0.5, 0.6) is 5.75 Å². The third-order valence-electron chi connectivity index (χ3n) is 1.43. The van der Waals surface area contributed by atoms with Crippen LogP contribution in [0, 0.1) is 11.3 Å². The number of rotatable bonds is 2. The molecule has 0 fully saturated rings. The van der Waals surface area contributed by atoms with Crippen molar-refractivity contribution in [3.05, 3.63) is 23.5 Å². The Balaban J connectivity index is 3.23. The summed E-state index contributed by atoms with van der Waals surface area (Å²) < 4.78 is 4.78. The molecule has 0 saturated carbocycles. The van der Waals surface area contributed by atoms with Gasteiger partial charge < -0.3 is 9.84 Å². The zero-order chi connectivity index (χ0) is 9.84. The molecule has 1 aromatic rings. The number of carboxylic acid groups (broad SMARTS) is 1. The van der Waals surface area contributed by atoms with Crippen molar-refractivity contribution in [2.45, 2.75) is 0 Å². The van der Waals surface area contributed by atoms with Crippen molar-refractivity contribution in [2.75, 3.05) is 7.11 Å². The predicted octanol–water partition coefficient (Wildman–Crippen LogP) is 0.660. The van der Waals surface area contributed by atoms with Gasteiger partial charge in [0.05, 0.1) is 12.7 Å². The van der Waals surface area contributed by atoms with Crippen LogP contribution in [-0.2, 0) is 0 Å². The lowest BCUT2D eigenvalue weighted by Gasteiger charge is -2.01. The normalized spacial score (nSPS) is 8.92. The van der Waals surface area contributed by atoms with Crippen LogP contribution in [0.2, 0.25) is 0 Å². The van der Waals surface area contributed by atoms with Crippen molar-refractivity contribution < 1.29 is 14.6 Å². The monoisotopic (exact) mass is 178 g/mol. The molecule has 0 spiro atoms. The van der Waals surface area contributed by atoms with Crippen molar-refractivity contribution in [1.29, 1.82) is 5.26 Å². The van der Waals surface area contributed by atoms with Gasteiger partial charge in [-0.15, -0.1) is 0 Å². The summed E-state index contributed by atoms with van der Waals surface area (Å²) in [6.07, 6.45) is 1.11. The largest absolute Gasteiger partial charge is 0.494 e. The fourth-order valence-electron chi connectivity index (χ4n) is 0.801. The smallest absolute Gasteiger partial charge is 0.337 e. The number of hydrogen-bond acceptors (Lipinski definition) is 4. The van der Waals surface area contributed by atoms with Gasteiger partial charge >= 0.3 is 5.97 Å². The van der Waals surface area contributed by atoms with Crippen molar-refractivity contribution in [3.63, 3.8) is 0 Å². The Hall–Kier alpha value is -2.09. The van der Waals surface area contributed by atoms with Crippen molar-refractivity contribution in [2.24, 2.45) is 0 Å². The van der Waals surface area contributed by atoms with E-state index in [0.717, 1.165) is 6.20 Å². The Morgan fingerprint density at radius 3 is 2.92 bits per heavy atom. The minimum absolute atomic E-state index is 0.00384. The molecule has 0 amide bonds. The molecule has 0 aromatic carbocycles. The van der Waals surface area contributed by atoms with Crippen molar-refractivity contribution >= 4 is 5.97 Å². The summed E-state index contributed by atoms with van der Waals surface area (Å²) in [4.78, 5) is 14.1. The molecule has 1 heterocycles. The number of nitriles is 1. The molecule has 5 heteroatoms. The number of hydrogen-bond donors (Lipinski definition) is 1. The SMILES string of the molecule is COc1cc(C(=O)O)cnc1C#N. The molecule has 1 aromatic heterocycles. The van der Waals surface area contributed by atoms with Gasteiger partial charge in [-0.1, -0.05) is 0 Å². The summed E-state index contributed by atoms with van der Waals surface area (Å²) in [5.41, 5.74) is 0.0725.